The molecule has 15 heteroatoms. The first-order valence-corrected chi connectivity index (χ1v) is 15.0. The maximum Gasteiger partial charge on any atom is 0.328 e. The van der Waals surface area contributed by atoms with Crippen LogP contribution in [0.15, 0.2) is 42.5 Å². The Labute approximate surface area is 270 Å². The molecule has 1 heterocycles. The number of amides is 6. The Bertz CT molecular complexity index is 1490. The molecule has 0 aromatic heterocycles. The highest BCUT2D eigenvalue weighted by Crippen LogP contribution is 2.41. The van der Waals surface area contributed by atoms with Gasteiger partial charge in [0.1, 0.15) is 5.41 Å². The van der Waals surface area contributed by atoms with Crippen LogP contribution < -0.4 is 21.3 Å². The zero-order valence-corrected chi connectivity index (χ0v) is 25.6. The molecular weight excluding hydrogens is 614 g/mol. The Hall–Kier alpha value is -5.60. The fourth-order valence-electron chi connectivity index (χ4n) is 4.86. The SMILES string of the molecule is O=C(O)/C=C/c1ccc(/C=C/C(=O)O)c(NC(=O)CCNC(=O)CNC(=O)C2(C(=O)NCCCCCN3C(=O)C=CC3=O)CCC2)c1. The minimum Gasteiger partial charge on any atom is -0.478 e. The number of anilines is 1. The van der Waals surface area contributed by atoms with Gasteiger partial charge in [-0.1, -0.05) is 18.6 Å². The standard InChI is InChI=1S/C32H37N5O10/c38-24(36-23-19-21(6-11-28(42)43)5-7-22(23)8-12-29(44)45)13-17-33-25(39)20-35-31(47)32(14-4-15-32)30(46)34-16-2-1-3-18-37-26(40)9-10-27(37)41/h5-12,19H,1-4,13-18,20H2,(H,33,39)(H,34,46)(H,35,47)(H,36,38)(H,42,43)(H,44,45)/b11-6+,12-8+. The number of nitrogens with one attached hydrogen (secondary N) is 4. The third-order valence-electron chi connectivity index (χ3n) is 7.58. The summed E-state index contributed by atoms with van der Waals surface area (Å²) in [5.74, 6) is -5.12. The predicted octanol–water partition coefficient (Wildman–Crippen LogP) is 0.825. The third-order valence-corrected chi connectivity index (χ3v) is 7.58. The van der Waals surface area contributed by atoms with Crippen molar-refractivity contribution in [1.29, 1.82) is 0 Å². The average Bonchev–Trinajstić information content (AvgIpc) is 3.31. The van der Waals surface area contributed by atoms with Crippen molar-refractivity contribution < 1.29 is 48.6 Å². The van der Waals surface area contributed by atoms with Gasteiger partial charge in [-0.05, 0) is 61.4 Å². The molecule has 0 spiro atoms. The van der Waals surface area contributed by atoms with Crippen LogP contribution in [0.25, 0.3) is 12.2 Å². The van der Waals surface area contributed by atoms with Crippen molar-refractivity contribution in [1.82, 2.24) is 20.9 Å². The van der Waals surface area contributed by atoms with Gasteiger partial charge in [-0.15, -0.1) is 0 Å². The van der Waals surface area contributed by atoms with E-state index in [9.17, 15) is 38.4 Å². The number of rotatable bonds is 18. The van der Waals surface area contributed by atoms with E-state index in [1.807, 2.05) is 0 Å². The maximum atomic E-state index is 12.9. The summed E-state index contributed by atoms with van der Waals surface area (Å²) < 4.78 is 0. The lowest BCUT2D eigenvalue weighted by atomic mass is 9.67. The quantitative estimate of drug-likeness (QED) is 0.0567. The number of unbranched alkanes of at least 4 members (excludes halogenated alkanes) is 2. The van der Waals surface area contributed by atoms with E-state index < -0.39 is 47.5 Å². The number of imide groups is 1. The summed E-state index contributed by atoms with van der Waals surface area (Å²) >= 11 is 0. The van der Waals surface area contributed by atoms with Gasteiger partial charge in [0.2, 0.25) is 23.6 Å². The highest BCUT2D eigenvalue weighted by molar-refractivity contribution is 6.12. The molecule has 1 aliphatic carbocycles. The van der Waals surface area contributed by atoms with Crippen molar-refractivity contribution in [2.24, 2.45) is 5.41 Å². The van der Waals surface area contributed by atoms with Crippen LogP contribution in [-0.4, -0.2) is 88.7 Å². The van der Waals surface area contributed by atoms with Crippen molar-refractivity contribution in [3.05, 3.63) is 53.6 Å². The molecule has 2 aliphatic rings. The van der Waals surface area contributed by atoms with Gasteiger partial charge < -0.3 is 31.5 Å². The number of nitrogens with zero attached hydrogens (tertiary/aromatic N) is 1. The lowest BCUT2D eigenvalue weighted by Crippen LogP contribution is -2.56. The minimum absolute atomic E-state index is 0.0817. The van der Waals surface area contributed by atoms with Crippen molar-refractivity contribution >= 4 is 65.2 Å². The Morgan fingerprint density at radius 3 is 2.09 bits per heavy atom. The average molecular weight is 652 g/mol. The maximum absolute atomic E-state index is 12.9. The monoisotopic (exact) mass is 651 g/mol. The van der Waals surface area contributed by atoms with Gasteiger partial charge in [0.15, 0.2) is 0 Å². The first kappa shape index (κ1) is 35.9. The molecule has 1 fully saturated rings. The van der Waals surface area contributed by atoms with Gasteiger partial charge in [-0.2, -0.15) is 0 Å². The molecule has 0 bridgehead atoms. The van der Waals surface area contributed by atoms with Crippen molar-refractivity contribution in [3.8, 4) is 0 Å². The highest BCUT2D eigenvalue weighted by atomic mass is 16.4. The second-order valence-corrected chi connectivity index (χ2v) is 10.9. The number of hydrogen-bond acceptors (Lipinski definition) is 8. The predicted molar refractivity (Wildman–Crippen MR) is 168 cm³/mol. The largest absolute Gasteiger partial charge is 0.478 e. The summed E-state index contributed by atoms with van der Waals surface area (Å²) in [5, 5.41) is 28.2. The van der Waals surface area contributed by atoms with E-state index in [0.29, 0.717) is 62.7 Å². The van der Waals surface area contributed by atoms with Crippen LogP contribution in [0.4, 0.5) is 5.69 Å². The molecule has 0 atom stereocenters. The lowest BCUT2D eigenvalue weighted by Gasteiger charge is -2.38. The number of benzene rings is 1. The van der Waals surface area contributed by atoms with Crippen LogP contribution >= 0.6 is 0 Å². The highest BCUT2D eigenvalue weighted by Gasteiger charge is 2.50. The lowest BCUT2D eigenvalue weighted by molar-refractivity contribution is -0.150. The molecule has 1 saturated carbocycles. The van der Waals surface area contributed by atoms with Crippen molar-refractivity contribution in [3.63, 3.8) is 0 Å². The van der Waals surface area contributed by atoms with Gasteiger partial charge in [-0.25, -0.2) is 9.59 Å². The number of carboxylic acids is 2. The fraction of sp³-hybridized carbons (Fsp3) is 0.375. The van der Waals surface area contributed by atoms with Crippen molar-refractivity contribution in [2.75, 3.05) is 31.5 Å². The number of hydrogen-bond donors (Lipinski definition) is 6. The molecule has 1 aromatic carbocycles. The van der Waals surface area contributed by atoms with E-state index in [4.69, 9.17) is 10.2 Å². The smallest absolute Gasteiger partial charge is 0.328 e. The van der Waals surface area contributed by atoms with E-state index >= 15 is 0 Å². The Morgan fingerprint density at radius 2 is 1.45 bits per heavy atom. The molecule has 1 aromatic rings. The van der Waals surface area contributed by atoms with E-state index in [1.165, 1.54) is 36.4 Å². The second kappa shape index (κ2) is 17.2. The Kier molecular flexibility index (Phi) is 13.1. The summed E-state index contributed by atoms with van der Waals surface area (Å²) in [6.45, 7) is 0.131. The zero-order valence-electron chi connectivity index (χ0n) is 25.6. The normalized spacial score (nSPS) is 15.0. The summed E-state index contributed by atoms with van der Waals surface area (Å²) in [6, 6.07) is 4.53. The summed E-state index contributed by atoms with van der Waals surface area (Å²) in [5.41, 5.74) is -0.225. The number of carboxylic acid groups (broad SMARTS) is 2. The topological polar surface area (TPSA) is 228 Å². The molecule has 250 valence electrons. The van der Waals surface area contributed by atoms with Gasteiger partial charge in [0, 0.05) is 56.0 Å². The molecule has 6 amide bonds. The summed E-state index contributed by atoms with van der Waals surface area (Å²) in [7, 11) is 0. The van der Waals surface area contributed by atoms with Crippen LogP contribution in [0, 0.1) is 5.41 Å². The fourth-order valence-corrected chi connectivity index (χ4v) is 4.86. The number of carbonyl (C=O) groups is 8. The molecule has 47 heavy (non-hydrogen) atoms. The van der Waals surface area contributed by atoms with Crippen molar-refractivity contribution in [2.45, 2.75) is 44.9 Å². The van der Waals surface area contributed by atoms with E-state index in [2.05, 4.69) is 21.3 Å². The molecule has 15 nitrogen and oxygen atoms in total. The molecule has 0 saturated heterocycles. The molecule has 1 aliphatic heterocycles. The van der Waals surface area contributed by atoms with Gasteiger partial charge in [0.25, 0.3) is 11.8 Å². The van der Waals surface area contributed by atoms with Crippen LogP contribution in [-0.2, 0) is 38.4 Å². The van der Waals surface area contributed by atoms with Gasteiger partial charge in [-0.3, -0.25) is 33.7 Å². The Morgan fingerprint density at radius 1 is 0.787 bits per heavy atom. The minimum atomic E-state index is -1.26. The van der Waals surface area contributed by atoms with Gasteiger partial charge >= 0.3 is 11.9 Å². The van der Waals surface area contributed by atoms with E-state index in [0.717, 1.165) is 17.1 Å². The van der Waals surface area contributed by atoms with Crippen LogP contribution in [0.1, 0.15) is 56.1 Å². The summed E-state index contributed by atoms with van der Waals surface area (Å²) in [6.07, 6.45) is 9.87. The van der Waals surface area contributed by atoms with E-state index in [1.54, 1.807) is 6.07 Å². The van der Waals surface area contributed by atoms with Crippen LogP contribution in [0.3, 0.4) is 0 Å². The number of carbonyl (C=O) groups excluding carboxylic acids is 6. The molecule has 0 unspecified atom stereocenters. The molecule has 6 N–H and O–H groups in total. The zero-order chi connectivity index (χ0) is 34.4. The first-order valence-electron chi connectivity index (χ1n) is 15.0. The Balaban J connectivity index is 1.39. The van der Waals surface area contributed by atoms with E-state index in [-0.39, 0.29) is 30.5 Å². The van der Waals surface area contributed by atoms with Crippen LogP contribution in [0.2, 0.25) is 0 Å². The summed E-state index contributed by atoms with van der Waals surface area (Å²) in [4.78, 5) is 96.7. The molecular formula is C32H37N5O10. The third kappa shape index (κ3) is 10.8. The first-order chi connectivity index (χ1) is 22.4. The second-order valence-electron chi connectivity index (χ2n) is 10.9. The molecule has 0 radical (unpaired) electrons. The number of aliphatic carboxylic acids is 2. The molecule has 3 rings (SSSR count). The van der Waals surface area contributed by atoms with Crippen LogP contribution in [0.5, 0.6) is 0 Å². The van der Waals surface area contributed by atoms with Gasteiger partial charge in [0.05, 0.1) is 6.54 Å².